The summed E-state index contributed by atoms with van der Waals surface area (Å²) in [5, 5.41) is 21.1. The van der Waals surface area contributed by atoms with Crippen molar-refractivity contribution in [2.45, 2.75) is 0 Å². The summed E-state index contributed by atoms with van der Waals surface area (Å²) < 4.78 is 0. The third-order valence-electron chi connectivity index (χ3n) is 5.03. The van der Waals surface area contributed by atoms with Crippen molar-refractivity contribution in [1.82, 2.24) is 0 Å². The quantitative estimate of drug-likeness (QED) is 0.485. The minimum absolute atomic E-state index is 0.502. The Balaban J connectivity index is 1.75. The first-order valence-corrected chi connectivity index (χ1v) is 8.35. The van der Waals surface area contributed by atoms with Crippen LogP contribution >= 0.6 is 0 Å². The zero-order chi connectivity index (χ0) is 17.0. The highest BCUT2D eigenvalue weighted by molar-refractivity contribution is 6.58. The minimum Gasteiger partial charge on any atom is -0.423 e. The summed E-state index contributed by atoms with van der Waals surface area (Å²) in [4.78, 5) is 0. The Labute approximate surface area is 146 Å². The van der Waals surface area contributed by atoms with Gasteiger partial charge in [-0.2, -0.15) is 0 Å². The monoisotopic (exact) mass is 322 g/mol. The molecule has 1 aliphatic rings. The van der Waals surface area contributed by atoms with E-state index in [1.54, 1.807) is 12.1 Å². The molecular weight excluding hydrogens is 307 g/mol. The molecule has 1 aliphatic carbocycles. The van der Waals surface area contributed by atoms with Crippen LogP contribution in [0.5, 0.6) is 0 Å². The highest BCUT2D eigenvalue weighted by atomic mass is 16.4. The number of hydrogen-bond acceptors (Lipinski definition) is 2. The Bertz CT molecular complexity index is 1110. The molecule has 2 N–H and O–H groups in total. The summed E-state index contributed by atoms with van der Waals surface area (Å²) >= 11 is 0. The fourth-order valence-corrected chi connectivity index (χ4v) is 3.83. The molecule has 0 fully saturated rings. The van der Waals surface area contributed by atoms with Crippen molar-refractivity contribution in [3.63, 3.8) is 0 Å². The van der Waals surface area contributed by atoms with Crippen molar-refractivity contribution in [2.24, 2.45) is 0 Å². The Morgan fingerprint density at radius 3 is 1.96 bits per heavy atom. The van der Waals surface area contributed by atoms with Gasteiger partial charge in [-0.25, -0.2) is 0 Å². The van der Waals surface area contributed by atoms with Crippen molar-refractivity contribution >= 4 is 23.4 Å². The summed E-state index contributed by atoms with van der Waals surface area (Å²) in [5.41, 5.74) is 7.84. The number of benzene rings is 4. The van der Waals surface area contributed by atoms with Crippen LogP contribution in [0.25, 0.3) is 44.2 Å². The van der Waals surface area contributed by atoms with E-state index < -0.39 is 7.12 Å². The molecule has 0 saturated heterocycles. The third kappa shape index (κ3) is 2.14. The summed E-state index contributed by atoms with van der Waals surface area (Å²) in [6.07, 6.45) is 0. The normalized spacial score (nSPS) is 11.6. The predicted molar refractivity (Wildman–Crippen MR) is 104 cm³/mol. The van der Waals surface area contributed by atoms with Crippen molar-refractivity contribution in [1.29, 1.82) is 0 Å². The van der Waals surface area contributed by atoms with Crippen LogP contribution in [0.4, 0.5) is 0 Å². The molecule has 0 radical (unpaired) electrons. The van der Waals surface area contributed by atoms with E-state index >= 15 is 0 Å². The van der Waals surface area contributed by atoms with Crippen LogP contribution in [0.1, 0.15) is 0 Å². The molecule has 0 aromatic heterocycles. The molecule has 0 amide bonds. The highest BCUT2D eigenvalue weighted by Gasteiger charge is 2.21. The van der Waals surface area contributed by atoms with Crippen LogP contribution in [0.2, 0.25) is 0 Å². The molecule has 0 spiro atoms. The Kier molecular flexibility index (Phi) is 3.08. The van der Waals surface area contributed by atoms with Gasteiger partial charge in [0.15, 0.2) is 0 Å². The van der Waals surface area contributed by atoms with Gasteiger partial charge in [0.1, 0.15) is 0 Å². The van der Waals surface area contributed by atoms with E-state index in [0.29, 0.717) is 5.46 Å². The van der Waals surface area contributed by atoms with Gasteiger partial charge in [0.2, 0.25) is 0 Å². The van der Waals surface area contributed by atoms with Gasteiger partial charge < -0.3 is 10.0 Å². The lowest BCUT2D eigenvalue weighted by Crippen LogP contribution is -2.29. The van der Waals surface area contributed by atoms with Crippen molar-refractivity contribution in [3.05, 3.63) is 78.9 Å². The SMILES string of the molecule is OB(O)c1ccc(-c2cc3c4c(cccc4c2)-c2ccccc2-3)cc1. The molecule has 2 nitrogen and oxygen atoms in total. The minimum atomic E-state index is -1.43. The Hall–Kier alpha value is -2.88. The van der Waals surface area contributed by atoms with Crippen LogP contribution in [-0.4, -0.2) is 17.2 Å². The summed E-state index contributed by atoms with van der Waals surface area (Å²) in [6.45, 7) is 0. The van der Waals surface area contributed by atoms with Gasteiger partial charge in [-0.05, 0) is 61.7 Å². The topological polar surface area (TPSA) is 40.5 Å². The second-order valence-corrected chi connectivity index (χ2v) is 6.47. The summed E-state index contributed by atoms with van der Waals surface area (Å²) in [5.74, 6) is 0. The zero-order valence-corrected chi connectivity index (χ0v) is 13.5. The molecule has 0 heterocycles. The van der Waals surface area contributed by atoms with Crippen molar-refractivity contribution < 1.29 is 10.0 Å². The number of hydrogen-bond donors (Lipinski definition) is 2. The lowest BCUT2D eigenvalue weighted by Gasteiger charge is -2.09. The first-order chi connectivity index (χ1) is 12.2. The maximum absolute atomic E-state index is 9.28. The average molecular weight is 322 g/mol. The lowest BCUT2D eigenvalue weighted by atomic mass is 9.80. The number of rotatable bonds is 2. The molecule has 4 aromatic rings. The van der Waals surface area contributed by atoms with Gasteiger partial charge in [0, 0.05) is 0 Å². The average Bonchev–Trinajstić information content (AvgIpc) is 2.98. The fourth-order valence-electron chi connectivity index (χ4n) is 3.83. The van der Waals surface area contributed by atoms with Crippen molar-refractivity contribution in [2.75, 3.05) is 0 Å². The van der Waals surface area contributed by atoms with Gasteiger partial charge in [0.05, 0.1) is 0 Å². The summed E-state index contributed by atoms with van der Waals surface area (Å²) in [6, 6.07) is 26.8. The van der Waals surface area contributed by atoms with Gasteiger partial charge in [-0.15, -0.1) is 0 Å². The van der Waals surface area contributed by atoms with E-state index in [1.165, 1.54) is 33.0 Å². The Morgan fingerprint density at radius 2 is 1.24 bits per heavy atom. The van der Waals surface area contributed by atoms with E-state index in [0.717, 1.165) is 11.1 Å². The Morgan fingerprint density at radius 1 is 0.560 bits per heavy atom. The maximum atomic E-state index is 9.28. The first kappa shape index (κ1) is 14.5. The highest BCUT2D eigenvalue weighted by Crippen LogP contribution is 2.48. The largest absolute Gasteiger partial charge is 0.488 e. The van der Waals surface area contributed by atoms with Crippen LogP contribution in [0.3, 0.4) is 0 Å². The van der Waals surface area contributed by atoms with Gasteiger partial charge in [0.25, 0.3) is 0 Å². The van der Waals surface area contributed by atoms with Gasteiger partial charge in [-0.3, -0.25) is 0 Å². The smallest absolute Gasteiger partial charge is 0.423 e. The van der Waals surface area contributed by atoms with Gasteiger partial charge in [-0.1, -0.05) is 66.7 Å². The fraction of sp³-hybridized carbons (Fsp3) is 0. The number of fused-ring (bicyclic) bond motifs is 3. The molecule has 0 unspecified atom stereocenters. The van der Waals surface area contributed by atoms with Crippen LogP contribution in [-0.2, 0) is 0 Å². The van der Waals surface area contributed by atoms with E-state index in [9.17, 15) is 10.0 Å². The molecule has 118 valence electrons. The van der Waals surface area contributed by atoms with Crippen LogP contribution < -0.4 is 5.46 Å². The van der Waals surface area contributed by atoms with Crippen molar-refractivity contribution in [3.8, 4) is 33.4 Å². The van der Waals surface area contributed by atoms with Crippen LogP contribution in [0.15, 0.2) is 78.9 Å². The lowest BCUT2D eigenvalue weighted by molar-refractivity contribution is 0.426. The molecule has 0 bridgehead atoms. The standard InChI is InChI=1S/C22H15BO2/c24-23(25)17-10-8-14(9-11-17)16-12-15-4-3-7-20-18-5-1-2-6-19(18)21(13-16)22(15)20/h1-13,24-25H. The third-order valence-corrected chi connectivity index (χ3v) is 5.03. The van der Waals surface area contributed by atoms with Crippen LogP contribution in [0, 0.1) is 0 Å². The second-order valence-electron chi connectivity index (χ2n) is 6.47. The molecule has 25 heavy (non-hydrogen) atoms. The molecule has 5 rings (SSSR count). The first-order valence-electron chi connectivity index (χ1n) is 8.35. The van der Waals surface area contributed by atoms with E-state index in [2.05, 4.69) is 54.6 Å². The van der Waals surface area contributed by atoms with E-state index in [4.69, 9.17) is 0 Å². The van der Waals surface area contributed by atoms with E-state index in [-0.39, 0.29) is 0 Å². The molecule has 3 heteroatoms. The zero-order valence-electron chi connectivity index (χ0n) is 13.5. The molecule has 0 atom stereocenters. The molecule has 0 saturated carbocycles. The predicted octanol–water partition coefficient (Wildman–Crippen LogP) is 3.83. The molecule has 4 aromatic carbocycles. The van der Waals surface area contributed by atoms with E-state index in [1.807, 2.05) is 12.1 Å². The summed E-state index contributed by atoms with van der Waals surface area (Å²) in [7, 11) is -1.43. The second kappa shape index (κ2) is 5.31. The molecular formula is C22H15BO2. The molecule has 0 aliphatic heterocycles. The maximum Gasteiger partial charge on any atom is 0.488 e. The van der Waals surface area contributed by atoms with Gasteiger partial charge >= 0.3 is 7.12 Å².